The van der Waals surface area contributed by atoms with Crippen molar-refractivity contribution in [3.8, 4) is 11.6 Å². The second kappa shape index (κ2) is 10.2. The molecule has 7 nitrogen and oxygen atoms in total. The summed E-state index contributed by atoms with van der Waals surface area (Å²) in [5, 5.41) is 7.70. The van der Waals surface area contributed by atoms with Crippen molar-refractivity contribution < 1.29 is 4.74 Å². The molecule has 0 radical (unpaired) electrons. The summed E-state index contributed by atoms with van der Waals surface area (Å²) in [6, 6.07) is 16.0. The van der Waals surface area contributed by atoms with Gasteiger partial charge in [0.2, 0.25) is 5.88 Å². The molecule has 4 rings (SSSR count). The molecule has 1 N–H and O–H groups in total. The van der Waals surface area contributed by atoms with Crippen LogP contribution >= 0.6 is 24.0 Å². The van der Waals surface area contributed by atoms with Crippen LogP contribution in [-0.2, 0) is 6.54 Å². The monoisotopic (exact) mass is 504 g/mol. The van der Waals surface area contributed by atoms with Crippen LogP contribution in [0.4, 0.5) is 0 Å². The van der Waals surface area contributed by atoms with Gasteiger partial charge in [-0.25, -0.2) is 9.67 Å². The van der Waals surface area contributed by atoms with Crippen molar-refractivity contribution in [3.63, 3.8) is 0 Å². The van der Waals surface area contributed by atoms with E-state index in [9.17, 15) is 0 Å². The molecule has 0 aliphatic carbocycles. The Kier molecular flexibility index (Phi) is 7.45. The number of halogens is 1. The van der Waals surface area contributed by atoms with Gasteiger partial charge in [-0.15, -0.1) is 24.0 Å². The lowest BCUT2D eigenvalue weighted by Gasteiger charge is -2.21. The van der Waals surface area contributed by atoms with E-state index in [0.29, 0.717) is 12.4 Å². The minimum absolute atomic E-state index is 0. The van der Waals surface area contributed by atoms with Gasteiger partial charge in [0.1, 0.15) is 6.10 Å². The number of nitrogens with zero attached hydrogens (tertiary/aromatic N) is 5. The van der Waals surface area contributed by atoms with Crippen molar-refractivity contribution in [2.45, 2.75) is 19.1 Å². The molecule has 0 spiro atoms. The molecule has 3 aromatic rings. The number of aliphatic imine (C=N–C) groups is 1. The maximum atomic E-state index is 5.97. The Balaban J connectivity index is 0.00000240. The molecule has 8 heteroatoms. The molecular weight excluding hydrogens is 479 g/mol. The van der Waals surface area contributed by atoms with Crippen LogP contribution in [0.15, 0.2) is 72.1 Å². The van der Waals surface area contributed by atoms with Crippen LogP contribution in [0.3, 0.4) is 0 Å². The highest BCUT2D eigenvalue weighted by atomic mass is 127. The van der Waals surface area contributed by atoms with Crippen LogP contribution in [0.5, 0.6) is 5.88 Å². The fourth-order valence-corrected chi connectivity index (χ4v) is 3.31. The van der Waals surface area contributed by atoms with Crippen molar-refractivity contribution in [2.24, 2.45) is 4.99 Å². The van der Waals surface area contributed by atoms with E-state index in [1.165, 1.54) is 5.56 Å². The first kappa shape index (κ1) is 21.1. The van der Waals surface area contributed by atoms with E-state index in [1.807, 2.05) is 42.2 Å². The van der Waals surface area contributed by atoms with E-state index >= 15 is 0 Å². The third-order valence-electron chi connectivity index (χ3n) is 4.74. The first-order valence-electron chi connectivity index (χ1n) is 9.44. The van der Waals surface area contributed by atoms with Crippen LogP contribution in [0.2, 0.25) is 0 Å². The fraction of sp³-hybridized carbons (Fsp3) is 0.286. The van der Waals surface area contributed by atoms with Crippen LogP contribution in [-0.4, -0.2) is 51.9 Å². The summed E-state index contributed by atoms with van der Waals surface area (Å²) in [5.41, 5.74) is 2.24. The van der Waals surface area contributed by atoms with E-state index in [0.717, 1.165) is 31.2 Å². The zero-order valence-corrected chi connectivity index (χ0v) is 18.6. The minimum atomic E-state index is 0. The van der Waals surface area contributed by atoms with Crippen molar-refractivity contribution in [1.82, 2.24) is 25.0 Å². The van der Waals surface area contributed by atoms with E-state index < -0.39 is 0 Å². The van der Waals surface area contributed by atoms with Gasteiger partial charge in [0.05, 0.1) is 12.2 Å². The molecule has 0 saturated carbocycles. The SMILES string of the molecule is CN=C(NCc1ccc(-n2cccn2)cc1)N1CCC(Oc2ccccn2)C1.I. The highest BCUT2D eigenvalue weighted by Gasteiger charge is 2.26. The zero-order valence-electron chi connectivity index (χ0n) is 16.3. The Bertz CT molecular complexity index is 899. The molecule has 2 aromatic heterocycles. The molecule has 0 bridgehead atoms. The smallest absolute Gasteiger partial charge is 0.213 e. The Labute approximate surface area is 187 Å². The van der Waals surface area contributed by atoms with Gasteiger partial charge in [-0.1, -0.05) is 18.2 Å². The molecule has 1 atom stereocenters. The summed E-state index contributed by atoms with van der Waals surface area (Å²) in [7, 11) is 1.82. The van der Waals surface area contributed by atoms with Gasteiger partial charge in [0, 0.05) is 51.2 Å². The number of aromatic nitrogens is 3. The van der Waals surface area contributed by atoms with Gasteiger partial charge in [-0.05, 0) is 29.8 Å². The van der Waals surface area contributed by atoms with Gasteiger partial charge in [-0.3, -0.25) is 4.99 Å². The van der Waals surface area contributed by atoms with Crippen LogP contribution < -0.4 is 10.1 Å². The van der Waals surface area contributed by atoms with Gasteiger partial charge in [0.15, 0.2) is 5.96 Å². The number of ether oxygens (including phenoxy) is 1. The predicted molar refractivity (Wildman–Crippen MR) is 124 cm³/mol. The Hall–Kier alpha value is -2.62. The summed E-state index contributed by atoms with van der Waals surface area (Å²) in [6.07, 6.45) is 6.55. The summed E-state index contributed by atoms with van der Waals surface area (Å²) in [6.45, 7) is 2.43. The van der Waals surface area contributed by atoms with Crippen LogP contribution in [0.1, 0.15) is 12.0 Å². The molecular formula is C21H25IN6O. The van der Waals surface area contributed by atoms with E-state index in [2.05, 4.69) is 49.6 Å². The summed E-state index contributed by atoms with van der Waals surface area (Å²) < 4.78 is 7.82. The molecule has 1 aliphatic heterocycles. The topological polar surface area (TPSA) is 67.6 Å². The normalized spacial score (nSPS) is 16.4. The highest BCUT2D eigenvalue weighted by Crippen LogP contribution is 2.16. The lowest BCUT2D eigenvalue weighted by atomic mass is 10.2. The third kappa shape index (κ3) is 5.47. The second-order valence-corrected chi connectivity index (χ2v) is 6.66. The van der Waals surface area contributed by atoms with E-state index in [1.54, 1.807) is 12.4 Å². The van der Waals surface area contributed by atoms with E-state index in [4.69, 9.17) is 4.74 Å². The average molecular weight is 504 g/mol. The first-order chi connectivity index (χ1) is 13.8. The number of guanidine groups is 1. The van der Waals surface area contributed by atoms with Crippen molar-refractivity contribution in [3.05, 3.63) is 72.7 Å². The number of rotatable bonds is 5. The molecule has 0 amide bonds. The molecule has 29 heavy (non-hydrogen) atoms. The summed E-state index contributed by atoms with van der Waals surface area (Å²) in [4.78, 5) is 10.9. The fourth-order valence-electron chi connectivity index (χ4n) is 3.31. The molecule has 1 aromatic carbocycles. The van der Waals surface area contributed by atoms with Gasteiger partial charge < -0.3 is 15.0 Å². The lowest BCUT2D eigenvalue weighted by Crippen LogP contribution is -2.40. The second-order valence-electron chi connectivity index (χ2n) is 6.66. The van der Waals surface area contributed by atoms with Crippen molar-refractivity contribution in [1.29, 1.82) is 0 Å². The zero-order chi connectivity index (χ0) is 19.2. The van der Waals surface area contributed by atoms with Gasteiger partial charge >= 0.3 is 0 Å². The average Bonchev–Trinajstić information content (AvgIpc) is 3.43. The molecule has 1 fully saturated rings. The largest absolute Gasteiger partial charge is 0.472 e. The Morgan fingerprint density at radius 3 is 2.72 bits per heavy atom. The van der Waals surface area contributed by atoms with Gasteiger partial charge in [-0.2, -0.15) is 5.10 Å². The summed E-state index contributed by atoms with van der Waals surface area (Å²) >= 11 is 0. The molecule has 1 aliphatic rings. The number of hydrogen-bond acceptors (Lipinski definition) is 4. The van der Waals surface area contributed by atoms with Crippen LogP contribution in [0.25, 0.3) is 5.69 Å². The van der Waals surface area contributed by atoms with Gasteiger partial charge in [0.25, 0.3) is 0 Å². The molecule has 152 valence electrons. The third-order valence-corrected chi connectivity index (χ3v) is 4.74. The Morgan fingerprint density at radius 1 is 1.17 bits per heavy atom. The highest BCUT2D eigenvalue weighted by molar-refractivity contribution is 14.0. The predicted octanol–water partition coefficient (Wildman–Crippen LogP) is 3.11. The van der Waals surface area contributed by atoms with Crippen molar-refractivity contribution >= 4 is 29.9 Å². The van der Waals surface area contributed by atoms with Crippen molar-refractivity contribution in [2.75, 3.05) is 20.1 Å². The minimum Gasteiger partial charge on any atom is -0.472 e. The Morgan fingerprint density at radius 2 is 2.03 bits per heavy atom. The number of likely N-dealkylation sites (tertiary alicyclic amines) is 1. The molecule has 3 heterocycles. The number of nitrogens with one attached hydrogen (secondary N) is 1. The number of pyridine rings is 1. The number of benzene rings is 1. The number of hydrogen-bond donors (Lipinski definition) is 1. The standard InChI is InChI=1S/C21H24N6O.HI/c1-22-21(26-14-10-19(16-26)28-20-5-2-3-11-23-20)24-15-17-6-8-18(9-7-17)27-13-4-12-25-27;/h2-9,11-13,19H,10,14-16H2,1H3,(H,22,24);1H. The van der Waals surface area contributed by atoms with E-state index in [-0.39, 0.29) is 30.1 Å². The molecule has 1 unspecified atom stereocenters. The quantitative estimate of drug-likeness (QED) is 0.329. The molecule has 1 saturated heterocycles. The maximum absolute atomic E-state index is 5.97. The summed E-state index contributed by atoms with van der Waals surface area (Å²) in [5.74, 6) is 1.57. The maximum Gasteiger partial charge on any atom is 0.213 e. The van der Waals surface area contributed by atoms with Crippen LogP contribution in [0, 0.1) is 0 Å². The first-order valence-corrected chi connectivity index (χ1v) is 9.44. The lowest BCUT2D eigenvalue weighted by molar-refractivity contribution is 0.205.